The standard InChI is InChI=1S/C23H31N3O/c1-4-5-26-15(2)6-20(16(26)3)10-21(14-24)22(27)25-23-11-17-7-18(12-23)9-19(8-17)13-23/h6,10,17-19H,4-5,7-9,11-13H2,1-3H3,(H,25,27)/b21-10+. The Balaban J connectivity index is 1.55. The summed E-state index contributed by atoms with van der Waals surface area (Å²) in [5, 5.41) is 13.0. The Morgan fingerprint density at radius 3 is 2.37 bits per heavy atom. The van der Waals surface area contributed by atoms with E-state index in [0.29, 0.717) is 0 Å². The van der Waals surface area contributed by atoms with Crippen molar-refractivity contribution in [3.8, 4) is 6.07 Å². The van der Waals surface area contributed by atoms with Crippen molar-refractivity contribution in [2.45, 2.75) is 77.8 Å². The van der Waals surface area contributed by atoms with Crippen LogP contribution in [0.25, 0.3) is 6.08 Å². The van der Waals surface area contributed by atoms with Gasteiger partial charge in [0.25, 0.3) is 5.91 Å². The molecule has 4 bridgehead atoms. The molecule has 4 aliphatic rings. The van der Waals surface area contributed by atoms with Crippen LogP contribution in [-0.4, -0.2) is 16.0 Å². The molecule has 4 fully saturated rings. The van der Waals surface area contributed by atoms with Crippen LogP contribution in [0.15, 0.2) is 11.6 Å². The van der Waals surface area contributed by atoms with Gasteiger partial charge < -0.3 is 9.88 Å². The SMILES string of the molecule is CCCn1c(C)cc(/C=C(\C#N)C(=O)NC23CC4CC(CC(C4)C2)C3)c1C. The number of amides is 1. The third-order valence-corrected chi connectivity index (χ3v) is 7.14. The molecule has 0 atom stereocenters. The molecule has 4 nitrogen and oxygen atoms in total. The van der Waals surface area contributed by atoms with Crippen molar-refractivity contribution >= 4 is 12.0 Å². The molecule has 144 valence electrons. The van der Waals surface area contributed by atoms with Crippen molar-refractivity contribution < 1.29 is 4.79 Å². The van der Waals surface area contributed by atoms with Crippen molar-refractivity contribution in [2.75, 3.05) is 0 Å². The minimum absolute atomic E-state index is 0.0547. The van der Waals surface area contributed by atoms with Gasteiger partial charge in [0.2, 0.25) is 0 Å². The summed E-state index contributed by atoms with van der Waals surface area (Å²) >= 11 is 0. The second kappa shape index (κ2) is 6.86. The van der Waals surface area contributed by atoms with Crippen LogP contribution < -0.4 is 5.32 Å². The predicted octanol–water partition coefficient (Wildman–Crippen LogP) is 4.51. The summed E-state index contributed by atoms with van der Waals surface area (Å²) in [4.78, 5) is 13.0. The van der Waals surface area contributed by atoms with Crippen molar-refractivity contribution in [2.24, 2.45) is 17.8 Å². The van der Waals surface area contributed by atoms with Gasteiger partial charge in [-0.05, 0) is 94.3 Å². The van der Waals surface area contributed by atoms with Gasteiger partial charge in [0.1, 0.15) is 11.6 Å². The second-order valence-electron chi connectivity index (χ2n) is 9.30. The molecule has 1 amide bonds. The zero-order valence-corrected chi connectivity index (χ0v) is 16.8. The molecule has 1 N–H and O–H groups in total. The number of nitriles is 1. The fourth-order valence-corrected chi connectivity index (χ4v) is 6.42. The largest absolute Gasteiger partial charge is 0.349 e. The second-order valence-corrected chi connectivity index (χ2v) is 9.30. The Hall–Kier alpha value is -2.02. The molecule has 27 heavy (non-hydrogen) atoms. The summed E-state index contributed by atoms with van der Waals surface area (Å²) in [6, 6.07) is 4.24. The molecule has 4 heteroatoms. The number of hydrogen-bond donors (Lipinski definition) is 1. The first kappa shape index (κ1) is 18.3. The van der Waals surface area contributed by atoms with Crippen LogP contribution >= 0.6 is 0 Å². The van der Waals surface area contributed by atoms with E-state index >= 15 is 0 Å². The third-order valence-electron chi connectivity index (χ3n) is 7.14. The number of rotatable bonds is 5. The fourth-order valence-electron chi connectivity index (χ4n) is 6.42. The van der Waals surface area contributed by atoms with Crippen LogP contribution in [0.1, 0.15) is 68.8 Å². The predicted molar refractivity (Wildman–Crippen MR) is 107 cm³/mol. The van der Waals surface area contributed by atoms with Gasteiger partial charge in [-0.25, -0.2) is 0 Å². The number of nitrogens with zero attached hydrogens (tertiary/aromatic N) is 2. The summed E-state index contributed by atoms with van der Waals surface area (Å²) in [6.45, 7) is 7.28. The molecule has 0 aromatic carbocycles. The van der Waals surface area contributed by atoms with Gasteiger partial charge in [0.05, 0.1) is 0 Å². The summed E-state index contributed by atoms with van der Waals surface area (Å²) in [7, 11) is 0. The highest BCUT2D eigenvalue weighted by Gasteiger charge is 2.51. The Morgan fingerprint density at radius 1 is 1.26 bits per heavy atom. The highest BCUT2D eigenvalue weighted by atomic mass is 16.1. The molecule has 0 aliphatic heterocycles. The molecule has 4 aliphatic carbocycles. The maximum Gasteiger partial charge on any atom is 0.262 e. The summed E-state index contributed by atoms with van der Waals surface area (Å²) in [5.41, 5.74) is 3.48. The smallest absolute Gasteiger partial charge is 0.262 e. The zero-order chi connectivity index (χ0) is 19.2. The maximum absolute atomic E-state index is 13.0. The van der Waals surface area contributed by atoms with Gasteiger partial charge in [-0.2, -0.15) is 5.26 Å². The number of nitrogens with one attached hydrogen (secondary N) is 1. The molecule has 0 spiro atoms. The van der Waals surface area contributed by atoms with Crippen LogP contribution in [0.5, 0.6) is 0 Å². The van der Waals surface area contributed by atoms with E-state index in [0.717, 1.165) is 61.2 Å². The molecular formula is C23H31N3O. The van der Waals surface area contributed by atoms with Gasteiger partial charge in [-0.1, -0.05) is 6.92 Å². The van der Waals surface area contributed by atoms with Gasteiger partial charge in [-0.3, -0.25) is 4.79 Å². The lowest BCUT2D eigenvalue weighted by molar-refractivity contribution is -0.122. The number of aromatic nitrogens is 1. The Morgan fingerprint density at radius 2 is 1.85 bits per heavy atom. The van der Waals surface area contributed by atoms with E-state index in [1.807, 2.05) is 0 Å². The van der Waals surface area contributed by atoms with Gasteiger partial charge >= 0.3 is 0 Å². The summed E-state index contributed by atoms with van der Waals surface area (Å²) in [6.07, 6.45) is 10.2. The summed E-state index contributed by atoms with van der Waals surface area (Å²) in [5.74, 6) is 2.15. The van der Waals surface area contributed by atoms with Crippen LogP contribution in [0.2, 0.25) is 0 Å². The highest BCUT2D eigenvalue weighted by molar-refractivity contribution is 6.02. The number of hydrogen-bond acceptors (Lipinski definition) is 2. The normalized spacial score (nSPS) is 31.8. The topological polar surface area (TPSA) is 57.8 Å². The molecule has 1 aromatic heterocycles. The van der Waals surface area contributed by atoms with Crippen LogP contribution in [0.3, 0.4) is 0 Å². The van der Waals surface area contributed by atoms with Crippen molar-refractivity contribution in [1.29, 1.82) is 5.26 Å². The first-order valence-electron chi connectivity index (χ1n) is 10.5. The highest BCUT2D eigenvalue weighted by Crippen LogP contribution is 2.55. The van der Waals surface area contributed by atoms with E-state index in [1.54, 1.807) is 6.08 Å². The number of carbonyl (C=O) groups excluding carboxylic acids is 1. The molecule has 1 aromatic rings. The average molecular weight is 366 g/mol. The van der Waals surface area contributed by atoms with Gasteiger partial charge in [0, 0.05) is 23.5 Å². The average Bonchev–Trinajstić information content (AvgIpc) is 2.85. The molecule has 0 saturated heterocycles. The molecular weight excluding hydrogens is 334 g/mol. The van der Waals surface area contributed by atoms with E-state index in [-0.39, 0.29) is 17.0 Å². The lowest BCUT2D eigenvalue weighted by atomic mass is 9.53. The van der Waals surface area contributed by atoms with Crippen molar-refractivity contribution in [3.05, 3.63) is 28.6 Å². The van der Waals surface area contributed by atoms with Crippen LogP contribution in [-0.2, 0) is 11.3 Å². The number of carbonyl (C=O) groups is 1. The monoisotopic (exact) mass is 365 g/mol. The third kappa shape index (κ3) is 3.33. The summed E-state index contributed by atoms with van der Waals surface area (Å²) < 4.78 is 2.26. The molecule has 1 heterocycles. The number of aryl methyl sites for hydroxylation is 1. The quantitative estimate of drug-likeness (QED) is 0.617. The molecule has 0 unspecified atom stereocenters. The van der Waals surface area contributed by atoms with Gasteiger partial charge in [0.15, 0.2) is 0 Å². The van der Waals surface area contributed by atoms with Crippen molar-refractivity contribution in [3.63, 3.8) is 0 Å². The van der Waals surface area contributed by atoms with E-state index in [1.165, 1.54) is 25.0 Å². The minimum atomic E-state index is -0.181. The fraction of sp³-hybridized carbons (Fsp3) is 0.652. The Kier molecular flexibility index (Phi) is 4.66. The first-order chi connectivity index (χ1) is 12.9. The lowest BCUT2D eigenvalue weighted by Gasteiger charge is -2.56. The Labute approximate surface area is 162 Å². The zero-order valence-electron chi connectivity index (χ0n) is 16.8. The van der Waals surface area contributed by atoms with E-state index < -0.39 is 0 Å². The minimum Gasteiger partial charge on any atom is -0.349 e. The molecule has 4 saturated carbocycles. The molecule has 0 radical (unpaired) electrons. The van der Waals surface area contributed by atoms with E-state index in [9.17, 15) is 10.1 Å². The maximum atomic E-state index is 13.0. The van der Waals surface area contributed by atoms with Crippen LogP contribution in [0, 0.1) is 42.9 Å². The van der Waals surface area contributed by atoms with E-state index in [4.69, 9.17) is 0 Å². The molecule has 5 rings (SSSR count). The first-order valence-corrected chi connectivity index (χ1v) is 10.5. The van der Waals surface area contributed by atoms with Crippen LogP contribution in [0.4, 0.5) is 0 Å². The Bertz CT molecular complexity index is 788. The van der Waals surface area contributed by atoms with Gasteiger partial charge in [-0.15, -0.1) is 0 Å². The van der Waals surface area contributed by atoms with E-state index in [2.05, 4.69) is 42.8 Å². The lowest BCUT2D eigenvalue weighted by Crippen LogP contribution is -2.60. The van der Waals surface area contributed by atoms with Crippen molar-refractivity contribution in [1.82, 2.24) is 9.88 Å².